The Morgan fingerprint density at radius 2 is 1.77 bits per heavy atom. The van der Waals surface area contributed by atoms with Gasteiger partial charge in [0.05, 0.1) is 6.54 Å². The Morgan fingerprint density at radius 1 is 1.31 bits per heavy atom. The van der Waals surface area contributed by atoms with E-state index >= 15 is 0 Å². The quantitative estimate of drug-likeness (QED) is 0.739. The third kappa shape index (κ3) is 2.54. The summed E-state index contributed by atoms with van der Waals surface area (Å²) < 4.78 is 0. The Balaban J connectivity index is 0.00000144. The van der Waals surface area contributed by atoms with Crippen molar-refractivity contribution in [2.75, 3.05) is 6.54 Å². The molecule has 0 saturated carbocycles. The second-order valence-corrected chi connectivity index (χ2v) is 2.89. The van der Waals surface area contributed by atoms with Gasteiger partial charge in [-0.15, -0.1) is 12.4 Å². The molecule has 1 rings (SSSR count). The average molecular weight is 200 g/mol. The molecular formula is C10H14ClNO. The molecule has 0 unspecified atom stereocenters. The molecule has 0 aliphatic carbocycles. The number of ketones is 1. The summed E-state index contributed by atoms with van der Waals surface area (Å²) >= 11 is 0. The summed E-state index contributed by atoms with van der Waals surface area (Å²) in [5, 5.41) is 0. The van der Waals surface area contributed by atoms with Gasteiger partial charge in [-0.25, -0.2) is 0 Å². The third-order valence-electron chi connectivity index (χ3n) is 1.95. The number of hydrogen-bond donors (Lipinski definition) is 1. The highest BCUT2D eigenvalue weighted by atomic mass is 35.5. The first kappa shape index (κ1) is 12.1. The summed E-state index contributed by atoms with van der Waals surface area (Å²) in [7, 11) is 0. The number of halogens is 1. The molecule has 0 atom stereocenters. The fraction of sp³-hybridized carbons (Fsp3) is 0.300. The lowest BCUT2D eigenvalue weighted by molar-refractivity contribution is 0.1000. The molecule has 0 radical (unpaired) electrons. The molecule has 2 nitrogen and oxygen atoms in total. The molecule has 3 heteroatoms. The molecule has 1 aromatic carbocycles. The molecule has 0 spiro atoms. The van der Waals surface area contributed by atoms with Crippen LogP contribution in [-0.4, -0.2) is 12.3 Å². The van der Waals surface area contributed by atoms with Crippen LogP contribution in [0.4, 0.5) is 0 Å². The smallest absolute Gasteiger partial charge is 0.176 e. The first-order valence-corrected chi connectivity index (χ1v) is 3.96. The lowest BCUT2D eigenvalue weighted by atomic mass is 9.99. The SMILES string of the molecule is Cc1cccc(C)c1C(=O)CN.Cl. The van der Waals surface area contributed by atoms with Crippen LogP contribution in [0.5, 0.6) is 0 Å². The fourth-order valence-electron chi connectivity index (χ4n) is 1.36. The van der Waals surface area contributed by atoms with Crippen LogP contribution in [-0.2, 0) is 0 Å². The van der Waals surface area contributed by atoms with Crippen molar-refractivity contribution in [3.8, 4) is 0 Å². The highest BCUT2D eigenvalue weighted by Gasteiger charge is 2.08. The van der Waals surface area contributed by atoms with Crippen molar-refractivity contribution >= 4 is 18.2 Å². The monoisotopic (exact) mass is 199 g/mol. The number of nitrogens with two attached hydrogens (primary N) is 1. The summed E-state index contributed by atoms with van der Waals surface area (Å²) in [4.78, 5) is 11.3. The van der Waals surface area contributed by atoms with E-state index in [0.717, 1.165) is 16.7 Å². The standard InChI is InChI=1S/C10H13NO.ClH/c1-7-4-3-5-8(2)10(7)9(12)6-11;/h3-5H,6,11H2,1-2H3;1H. The topological polar surface area (TPSA) is 43.1 Å². The number of Topliss-reactive ketones (excluding diaryl/α,β-unsaturated/α-hetero) is 1. The average Bonchev–Trinajstić information content (AvgIpc) is 2.03. The molecular weight excluding hydrogens is 186 g/mol. The van der Waals surface area contributed by atoms with Crippen molar-refractivity contribution in [2.45, 2.75) is 13.8 Å². The van der Waals surface area contributed by atoms with Crippen molar-refractivity contribution < 1.29 is 4.79 Å². The number of rotatable bonds is 2. The van der Waals surface area contributed by atoms with E-state index in [4.69, 9.17) is 5.73 Å². The largest absolute Gasteiger partial charge is 0.324 e. The fourth-order valence-corrected chi connectivity index (χ4v) is 1.36. The van der Waals surface area contributed by atoms with Crippen LogP contribution >= 0.6 is 12.4 Å². The maximum Gasteiger partial charge on any atom is 0.176 e. The molecule has 0 saturated heterocycles. The minimum Gasteiger partial charge on any atom is -0.324 e. The predicted molar refractivity (Wildman–Crippen MR) is 56.5 cm³/mol. The van der Waals surface area contributed by atoms with Gasteiger partial charge in [0, 0.05) is 5.56 Å². The zero-order valence-electron chi connectivity index (χ0n) is 7.83. The highest BCUT2D eigenvalue weighted by molar-refractivity contribution is 6.00. The molecule has 0 amide bonds. The van der Waals surface area contributed by atoms with Crippen molar-refractivity contribution in [1.82, 2.24) is 0 Å². The normalized spacial score (nSPS) is 9.15. The number of carbonyl (C=O) groups excluding carboxylic acids is 1. The van der Waals surface area contributed by atoms with Gasteiger partial charge in [0.25, 0.3) is 0 Å². The summed E-state index contributed by atoms with van der Waals surface area (Å²) in [5.74, 6) is 0.0191. The van der Waals surface area contributed by atoms with E-state index in [2.05, 4.69) is 0 Å². The van der Waals surface area contributed by atoms with E-state index < -0.39 is 0 Å². The second-order valence-electron chi connectivity index (χ2n) is 2.89. The molecule has 1 aromatic rings. The first-order chi connectivity index (χ1) is 5.66. The number of benzene rings is 1. The van der Waals surface area contributed by atoms with Gasteiger partial charge in [-0.1, -0.05) is 18.2 Å². The summed E-state index contributed by atoms with van der Waals surface area (Å²) in [6, 6.07) is 5.80. The van der Waals surface area contributed by atoms with Gasteiger partial charge in [-0.2, -0.15) is 0 Å². The third-order valence-corrected chi connectivity index (χ3v) is 1.95. The van der Waals surface area contributed by atoms with E-state index in [9.17, 15) is 4.79 Å². The summed E-state index contributed by atoms with van der Waals surface area (Å²) in [6.07, 6.45) is 0. The predicted octanol–water partition coefficient (Wildman–Crippen LogP) is 1.87. The lowest BCUT2D eigenvalue weighted by Crippen LogP contribution is -2.15. The maximum atomic E-state index is 11.3. The van der Waals surface area contributed by atoms with Crippen LogP contribution in [0.1, 0.15) is 21.5 Å². The van der Waals surface area contributed by atoms with E-state index in [1.165, 1.54) is 0 Å². The Hall–Kier alpha value is -0.860. The summed E-state index contributed by atoms with van der Waals surface area (Å²) in [6.45, 7) is 3.94. The number of carbonyl (C=O) groups is 1. The van der Waals surface area contributed by atoms with Crippen LogP contribution in [0.2, 0.25) is 0 Å². The van der Waals surface area contributed by atoms with Gasteiger partial charge in [-0.3, -0.25) is 4.79 Å². The van der Waals surface area contributed by atoms with Crippen molar-refractivity contribution in [1.29, 1.82) is 0 Å². The highest BCUT2D eigenvalue weighted by Crippen LogP contribution is 2.12. The minimum atomic E-state index is 0. The molecule has 2 N–H and O–H groups in total. The first-order valence-electron chi connectivity index (χ1n) is 3.96. The van der Waals surface area contributed by atoms with Crippen molar-refractivity contribution in [3.63, 3.8) is 0 Å². The Bertz CT molecular complexity index is 290. The number of aryl methyl sites for hydroxylation is 2. The summed E-state index contributed by atoms with van der Waals surface area (Å²) in [5.41, 5.74) is 8.08. The zero-order valence-corrected chi connectivity index (χ0v) is 8.65. The van der Waals surface area contributed by atoms with Crippen LogP contribution in [0.15, 0.2) is 18.2 Å². The van der Waals surface area contributed by atoms with Gasteiger partial charge in [0.15, 0.2) is 5.78 Å². The molecule has 0 aliphatic rings. The molecule has 0 bridgehead atoms. The van der Waals surface area contributed by atoms with Crippen LogP contribution < -0.4 is 5.73 Å². The number of hydrogen-bond acceptors (Lipinski definition) is 2. The van der Waals surface area contributed by atoms with E-state index in [1.54, 1.807) is 0 Å². The Labute approximate surface area is 84.5 Å². The van der Waals surface area contributed by atoms with Crippen molar-refractivity contribution in [2.24, 2.45) is 5.73 Å². The van der Waals surface area contributed by atoms with Gasteiger partial charge >= 0.3 is 0 Å². The molecule has 0 fully saturated rings. The molecule has 72 valence electrons. The zero-order chi connectivity index (χ0) is 9.14. The Kier molecular flexibility index (Phi) is 4.67. The second kappa shape index (κ2) is 5.00. The molecule has 0 heterocycles. The lowest BCUT2D eigenvalue weighted by Gasteiger charge is -2.05. The van der Waals surface area contributed by atoms with Crippen LogP contribution in [0.25, 0.3) is 0 Å². The van der Waals surface area contributed by atoms with E-state index in [-0.39, 0.29) is 24.7 Å². The minimum absolute atomic E-state index is 0. The van der Waals surface area contributed by atoms with Gasteiger partial charge in [-0.05, 0) is 25.0 Å². The van der Waals surface area contributed by atoms with Crippen LogP contribution in [0.3, 0.4) is 0 Å². The molecule has 0 aromatic heterocycles. The molecule has 0 aliphatic heterocycles. The van der Waals surface area contributed by atoms with Gasteiger partial charge in [0.2, 0.25) is 0 Å². The Morgan fingerprint density at radius 3 is 2.15 bits per heavy atom. The van der Waals surface area contributed by atoms with Gasteiger partial charge < -0.3 is 5.73 Å². The van der Waals surface area contributed by atoms with Crippen molar-refractivity contribution in [3.05, 3.63) is 34.9 Å². The maximum absolute atomic E-state index is 11.3. The van der Waals surface area contributed by atoms with Gasteiger partial charge in [0.1, 0.15) is 0 Å². The van der Waals surface area contributed by atoms with E-state index in [1.807, 2.05) is 32.0 Å². The van der Waals surface area contributed by atoms with E-state index in [0.29, 0.717) is 0 Å². The molecule has 13 heavy (non-hydrogen) atoms. The van der Waals surface area contributed by atoms with Crippen LogP contribution in [0, 0.1) is 13.8 Å².